The van der Waals surface area contributed by atoms with Crippen molar-refractivity contribution in [2.45, 2.75) is 63.5 Å². The van der Waals surface area contributed by atoms with Gasteiger partial charge in [0.1, 0.15) is 11.6 Å². The summed E-state index contributed by atoms with van der Waals surface area (Å²) < 4.78 is 7.49. The van der Waals surface area contributed by atoms with Crippen molar-refractivity contribution in [2.75, 3.05) is 17.7 Å². The van der Waals surface area contributed by atoms with Crippen LogP contribution in [0.5, 0.6) is 5.75 Å². The molecule has 0 bridgehead atoms. The van der Waals surface area contributed by atoms with Gasteiger partial charge in [-0.2, -0.15) is 5.10 Å². The molecule has 3 heterocycles. The van der Waals surface area contributed by atoms with Crippen LogP contribution in [-0.2, 0) is 0 Å². The fourth-order valence-electron chi connectivity index (χ4n) is 5.43. The van der Waals surface area contributed by atoms with Gasteiger partial charge in [0, 0.05) is 29.4 Å². The van der Waals surface area contributed by atoms with Crippen molar-refractivity contribution in [3.05, 3.63) is 54.7 Å². The van der Waals surface area contributed by atoms with E-state index in [9.17, 15) is 0 Å². The molecule has 2 N–H and O–H groups in total. The molecule has 2 aliphatic rings. The monoisotopic (exact) mass is 468 g/mol. The Morgan fingerprint density at radius 3 is 2.40 bits per heavy atom. The quantitative estimate of drug-likeness (QED) is 0.337. The summed E-state index contributed by atoms with van der Waals surface area (Å²) in [5.74, 6) is 2.54. The number of rotatable bonds is 7. The Hall–Kier alpha value is -3.61. The predicted molar refractivity (Wildman–Crippen MR) is 140 cm³/mol. The van der Waals surface area contributed by atoms with Crippen LogP contribution in [0, 0.1) is 0 Å². The number of fused-ring (bicyclic) bond motifs is 1. The normalized spacial score (nSPS) is 16.7. The standard InChI is InChI=1S/C28H32N6O/c1-35-22-12-6-7-19(17-22)25-18-26-23(13-14-27(34(26)33-25)30-20-8-2-3-9-20)24-15-16-29-28(32-24)31-21-10-4-5-11-21/h6-7,12-18,20-21,30H,2-5,8-11H2,1H3,(H,29,31,32). The highest BCUT2D eigenvalue weighted by atomic mass is 16.5. The van der Waals surface area contributed by atoms with E-state index in [0.717, 1.165) is 39.6 Å². The number of pyridine rings is 1. The zero-order chi connectivity index (χ0) is 23.6. The molecule has 0 spiro atoms. The lowest BCUT2D eigenvalue weighted by atomic mass is 10.1. The summed E-state index contributed by atoms with van der Waals surface area (Å²) in [5, 5.41) is 12.3. The van der Waals surface area contributed by atoms with Crippen LogP contribution in [0.15, 0.2) is 54.7 Å². The summed E-state index contributed by atoms with van der Waals surface area (Å²) in [6, 6.07) is 17.4. The Kier molecular flexibility index (Phi) is 5.98. The summed E-state index contributed by atoms with van der Waals surface area (Å²) in [6.45, 7) is 0. The summed E-state index contributed by atoms with van der Waals surface area (Å²) in [5.41, 5.74) is 4.90. The second kappa shape index (κ2) is 9.56. The average molecular weight is 469 g/mol. The van der Waals surface area contributed by atoms with Gasteiger partial charge in [-0.25, -0.2) is 14.5 Å². The third-order valence-electron chi connectivity index (χ3n) is 7.31. The van der Waals surface area contributed by atoms with Gasteiger partial charge in [0.2, 0.25) is 5.95 Å². The first kappa shape index (κ1) is 21.9. The molecule has 2 fully saturated rings. The maximum absolute atomic E-state index is 5.45. The first-order valence-electron chi connectivity index (χ1n) is 12.8. The van der Waals surface area contributed by atoms with E-state index in [2.05, 4.69) is 39.9 Å². The second-order valence-corrected chi connectivity index (χ2v) is 9.71. The van der Waals surface area contributed by atoms with Gasteiger partial charge in [-0.3, -0.25) is 0 Å². The highest BCUT2D eigenvalue weighted by Gasteiger charge is 2.20. The number of hydrogen-bond donors (Lipinski definition) is 2. The van der Waals surface area contributed by atoms with E-state index in [1.165, 1.54) is 51.4 Å². The smallest absolute Gasteiger partial charge is 0.223 e. The molecule has 1 aromatic carbocycles. The van der Waals surface area contributed by atoms with Crippen LogP contribution in [0.3, 0.4) is 0 Å². The second-order valence-electron chi connectivity index (χ2n) is 9.71. The number of hydrogen-bond acceptors (Lipinski definition) is 6. The molecule has 0 amide bonds. The molecule has 35 heavy (non-hydrogen) atoms. The largest absolute Gasteiger partial charge is 0.497 e. The van der Waals surface area contributed by atoms with Crippen molar-refractivity contribution in [3.8, 4) is 28.3 Å². The van der Waals surface area contributed by atoms with E-state index in [0.29, 0.717) is 18.0 Å². The van der Waals surface area contributed by atoms with Crippen LogP contribution in [0.2, 0.25) is 0 Å². The van der Waals surface area contributed by atoms with Crippen LogP contribution >= 0.6 is 0 Å². The van der Waals surface area contributed by atoms with Gasteiger partial charge in [-0.1, -0.05) is 37.8 Å². The lowest BCUT2D eigenvalue weighted by Crippen LogP contribution is -2.17. The van der Waals surface area contributed by atoms with Crippen LogP contribution in [0.1, 0.15) is 51.4 Å². The molecular weight excluding hydrogens is 436 g/mol. The number of nitrogens with one attached hydrogen (secondary N) is 2. The molecule has 7 nitrogen and oxygen atoms in total. The molecule has 0 radical (unpaired) electrons. The van der Waals surface area contributed by atoms with Crippen molar-refractivity contribution in [1.82, 2.24) is 19.6 Å². The van der Waals surface area contributed by atoms with Gasteiger partial charge in [0.25, 0.3) is 0 Å². The number of anilines is 2. The van der Waals surface area contributed by atoms with Crippen LogP contribution < -0.4 is 15.4 Å². The Balaban J connectivity index is 1.42. The lowest BCUT2D eigenvalue weighted by molar-refractivity contribution is 0.415. The van der Waals surface area contributed by atoms with E-state index in [-0.39, 0.29) is 0 Å². The van der Waals surface area contributed by atoms with Crippen LogP contribution in [-0.4, -0.2) is 38.8 Å². The molecule has 3 aromatic heterocycles. The van der Waals surface area contributed by atoms with Crippen molar-refractivity contribution >= 4 is 17.3 Å². The topological polar surface area (TPSA) is 76.4 Å². The van der Waals surface area contributed by atoms with Crippen molar-refractivity contribution in [3.63, 3.8) is 0 Å². The van der Waals surface area contributed by atoms with E-state index in [1.54, 1.807) is 7.11 Å². The number of ether oxygens (including phenoxy) is 1. The molecule has 7 heteroatoms. The van der Waals surface area contributed by atoms with Gasteiger partial charge >= 0.3 is 0 Å². The fourth-order valence-corrected chi connectivity index (χ4v) is 5.43. The zero-order valence-corrected chi connectivity index (χ0v) is 20.2. The molecule has 4 aromatic rings. The van der Waals surface area contributed by atoms with E-state index in [1.807, 2.05) is 35.0 Å². The maximum atomic E-state index is 5.45. The van der Waals surface area contributed by atoms with Crippen LogP contribution in [0.25, 0.3) is 28.0 Å². The maximum Gasteiger partial charge on any atom is 0.223 e. The van der Waals surface area contributed by atoms with Gasteiger partial charge < -0.3 is 15.4 Å². The molecule has 0 saturated heterocycles. The summed E-state index contributed by atoms with van der Waals surface area (Å²) in [7, 11) is 1.69. The average Bonchev–Trinajstić information content (AvgIpc) is 3.67. The van der Waals surface area contributed by atoms with Crippen molar-refractivity contribution < 1.29 is 4.74 Å². The number of aromatic nitrogens is 4. The molecule has 2 aliphatic carbocycles. The van der Waals surface area contributed by atoms with Gasteiger partial charge in [0.15, 0.2) is 0 Å². The number of methoxy groups -OCH3 is 1. The Bertz CT molecular complexity index is 1320. The first-order valence-corrected chi connectivity index (χ1v) is 12.8. The highest BCUT2D eigenvalue weighted by molar-refractivity contribution is 5.83. The SMILES string of the molecule is COc1cccc(-c2cc3c(-c4ccnc(NC5CCCC5)n4)ccc(NC4CCCC4)n3n2)c1. The summed E-state index contributed by atoms with van der Waals surface area (Å²) in [4.78, 5) is 9.39. The third kappa shape index (κ3) is 4.55. The number of nitrogens with zero attached hydrogens (tertiary/aromatic N) is 4. The molecule has 0 unspecified atom stereocenters. The summed E-state index contributed by atoms with van der Waals surface area (Å²) in [6.07, 6.45) is 11.7. The predicted octanol–water partition coefficient (Wildman–Crippen LogP) is 6.18. The lowest BCUT2D eigenvalue weighted by Gasteiger charge is -2.16. The zero-order valence-electron chi connectivity index (χ0n) is 20.2. The van der Waals surface area contributed by atoms with Gasteiger partial charge in [-0.05, 0) is 62.1 Å². The Morgan fingerprint density at radius 2 is 1.63 bits per heavy atom. The molecule has 0 aliphatic heterocycles. The first-order chi connectivity index (χ1) is 17.3. The van der Waals surface area contributed by atoms with Crippen LogP contribution in [0.4, 0.5) is 11.8 Å². The molecule has 0 atom stereocenters. The van der Waals surface area contributed by atoms with E-state index >= 15 is 0 Å². The molecule has 6 rings (SSSR count). The van der Waals surface area contributed by atoms with E-state index < -0.39 is 0 Å². The van der Waals surface area contributed by atoms with Crippen molar-refractivity contribution in [2.24, 2.45) is 0 Å². The Morgan fingerprint density at radius 1 is 0.857 bits per heavy atom. The van der Waals surface area contributed by atoms with Gasteiger partial charge in [-0.15, -0.1) is 0 Å². The van der Waals surface area contributed by atoms with Gasteiger partial charge in [0.05, 0.1) is 24.0 Å². The minimum atomic E-state index is 0.470. The fraction of sp³-hybridized carbons (Fsp3) is 0.393. The van der Waals surface area contributed by atoms with Crippen molar-refractivity contribution in [1.29, 1.82) is 0 Å². The molecule has 2 saturated carbocycles. The molecular formula is C28H32N6O. The highest BCUT2D eigenvalue weighted by Crippen LogP contribution is 2.33. The number of benzene rings is 1. The minimum absolute atomic E-state index is 0.470. The minimum Gasteiger partial charge on any atom is -0.497 e. The Labute approximate surface area is 206 Å². The van der Waals surface area contributed by atoms with E-state index in [4.69, 9.17) is 14.8 Å². The third-order valence-corrected chi connectivity index (χ3v) is 7.31. The molecule has 180 valence electrons. The summed E-state index contributed by atoms with van der Waals surface area (Å²) >= 11 is 0.